The summed E-state index contributed by atoms with van der Waals surface area (Å²) in [6.45, 7) is 0. The van der Waals surface area contributed by atoms with Crippen molar-refractivity contribution in [1.82, 2.24) is 14.5 Å². The number of fused-ring (bicyclic) bond motifs is 6. The highest BCUT2D eigenvalue weighted by atomic mass is 15.2. The Kier molecular flexibility index (Phi) is 8.49. The van der Waals surface area contributed by atoms with Gasteiger partial charge in [0.25, 0.3) is 0 Å². The van der Waals surface area contributed by atoms with Crippen LogP contribution in [-0.2, 0) is 0 Å². The highest BCUT2D eigenvalue weighted by Crippen LogP contribution is 2.39. The van der Waals surface area contributed by atoms with Gasteiger partial charge in [-0.05, 0) is 101 Å². The van der Waals surface area contributed by atoms with E-state index in [0.29, 0.717) is 5.84 Å². The lowest BCUT2D eigenvalue weighted by atomic mass is 9.98. The summed E-state index contributed by atoms with van der Waals surface area (Å²) >= 11 is 0. The van der Waals surface area contributed by atoms with Crippen molar-refractivity contribution in [3.63, 3.8) is 0 Å². The molecule has 5 nitrogen and oxygen atoms in total. The number of rotatable bonds is 7. The summed E-state index contributed by atoms with van der Waals surface area (Å²) < 4.78 is 4.76. The Labute approximate surface area is 359 Å². The summed E-state index contributed by atoms with van der Waals surface area (Å²) in [5.41, 5.74) is 14.7. The minimum absolute atomic E-state index is 0.263. The summed E-state index contributed by atoms with van der Waals surface area (Å²) in [5, 5.41) is 8.54. The van der Waals surface area contributed by atoms with Gasteiger partial charge >= 0.3 is 0 Å². The summed E-state index contributed by atoms with van der Waals surface area (Å²) in [6, 6.07) is 80.1. The Balaban J connectivity index is 0.985. The zero-order valence-electron chi connectivity index (χ0n) is 33.7. The first kappa shape index (κ1) is 35.6. The molecule has 11 aromatic rings. The minimum atomic E-state index is -0.263. The van der Waals surface area contributed by atoms with Crippen LogP contribution in [0, 0.1) is 0 Å². The van der Waals surface area contributed by atoms with Crippen LogP contribution in [0.5, 0.6) is 0 Å². The summed E-state index contributed by atoms with van der Waals surface area (Å²) in [4.78, 5) is 10.2. The molecule has 0 aliphatic carbocycles. The molecule has 0 bridgehead atoms. The molecule has 9 aromatic carbocycles. The lowest BCUT2D eigenvalue weighted by molar-refractivity contribution is 0.674. The average Bonchev–Trinajstić information content (AvgIpc) is 3.87. The first-order valence-electron chi connectivity index (χ1n) is 21.1. The molecule has 1 unspecified atom stereocenters. The molecule has 0 saturated heterocycles. The van der Waals surface area contributed by atoms with E-state index in [1.807, 2.05) is 24.3 Å². The van der Waals surface area contributed by atoms with Gasteiger partial charge in [0.1, 0.15) is 12.0 Å². The first-order chi connectivity index (χ1) is 30.7. The summed E-state index contributed by atoms with van der Waals surface area (Å²) in [6.07, 6.45) is -0.263. The summed E-state index contributed by atoms with van der Waals surface area (Å²) in [7, 11) is 0. The normalized spacial score (nSPS) is 14.0. The van der Waals surface area contributed by atoms with Crippen molar-refractivity contribution in [2.45, 2.75) is 6.17 Å². The first-order valence-corrected chi connectivity index (χ1v) is 21.1. The molecule has 12 rings (SSSR count). The van der Waals surface area contributed by atoms with Crippen LogP contribution in [0.25, 0.3) is 77.2 Å². The number of para-hydroxylation sites is 3. The van der Waals surface area contributed by atoms with Crippen molar-refractivity contribution in [3.8, 4) is 33.6 Å². The Morgan fingerprint density at radius 2 is 0.774 bits per heavy atom. The maximum Gasteiger partial charge on any atom is 0.159 e. The maximum atomic E-state index is 5.10. The minimum Gasteiger partial charge on any atom is -0.344 e. The fraction of sp³-hybridized carbons (Fsp3) is 0.0175. The second-order valence-electron chi connectivity index (χ2n) is 15.9. The SMILES string of the molecule is c1ccc(C2=NC(c3ccccc3)NC(c3cccc(-c4ccc5c(c4)c4cc(-c6ccc7c(c6)c6ccccc6n7-c6ccccc6)ccc4n5-c4ccccc4)c3)=N2)cc1. The van der Waals surface area contributed by atoms with E-state index in [9.17, 15) is 0 Å². The molecule has 0 fully saturated rings. The predicted molar refractivity (Wildman–Crippen MR) is 258 cm³/mol. The Bertz CT molecular complexity index is 3530. The van der Waals surface area contributed by atoms with Gasteiger partial charge in [-0.15, -0.1) is 0 Å². The van der Waals surface area contributed by atoms with E-state index in [1.165, 1.54) is 49.2 Å². The van der Waals surface area contributed by atoms with Crippen LogP contribution in [0.2, 0.25) is 0 Å². The second kappa shape index (κ2) is 14.8. The highest BCUT2D eigenvalue weighted by molar-refractivity contribution is 6.15. The van der Waals surface area contributed by atoms with Crippen molar-refractivity contribution in [2.24, 2.45) is 9.98 Å². The average molecular weight is 794 g/mol. The van der Waals surface area contributed by atoms with E-state index < -0.39 is 0 Å². The van der Waals surface area contributed by atoms with Crippen molar-refractivity contribution in [3.05, 3.63) is 241 Å². The van der Waals surface area contributed by atoms with Crippen LogP contribution in [0.15, 0.2) is 234 Å². The van der Waals surface area contributed by atoms with Crippen molar-refractivity contribution >= 4 is 55.3 Å². The van der Waals surface area contributed by atoms with Crippen LogP contribution >= 0.6 is 0 Å². The topological polar surface area (TPSA) is 46.6 Å². The molecule has 62 heavy (non-hydrogen) atoms. The quantitative estimate of drug-likeness (QED) is 0.172. The van der Waals surface area contributed by atoms with E-state index in [2.05, 4.69) is 215 Å². The fourth-order valence-corrected chi connectivity index (χ4v) is 9.21. The maximum absolute atomic E-state index is 5.10. The van der Waals surface area contributed by atoms with Crippen molar-refractivity contribution < 1.29 is 0 Å². The van der Waals surface area contributed by atoms with Gasteiger partial charge in [-0.25, -0.2) is 9.98 Å². The molecule has 2 aromatic heterocycles. The lowest BCUT2D eigenvalue weighted by Crippen LogP contribution is -2.33. The Morgan fingerprint density at radius 3 is 1.35 bits per heavy atom. The van der Waals surface area contributed by atoms with Gasteiger partial charge in [-0.3, -0.25) is 0 Å². The van der Waals surface area contributed by atoms with Gasteiger partial charge in [0.2, 0.25) is 0 Å². The molecule has 0 amide bonds. The molecule has 0 spiro atoms. The molecular formula is C57H39N5. The largest absolute Gasteiger partial charge is 0.344 e. The number of hydrogen-bond acceptors (Lipinski definition) is 3. The Morgan fingerprint density at radius 1 is 0.339 bits per heavy atom. The molecule has 0 saturated carbocycles. The van der Waals surface area contributed by atoms with E-state index in [1.54, 1.807) is 0 Å². The van der Waals surface area contributed by atoms with Gasteiger partial charge in [0, 0.05) is 44.0 Å². The fourth-order valence-electron chi connectivity index (χ4n) is 9.21. The van der Waals surface area contributed by atoms with Crippen LogP contribution in [0.1, 0.15) is 22.9 Å². The molecule has 0 radical (unpaired) electrons. The van der Waals surface area contributed by atoms with E-state index in [4.69, 9.17) is 9.98 Å². The Hall–Kier alpha value is -8.28. The molecule has 1 aliphatic heterocycles. The molecule has 1 aliphatic rings. The molecular weight excluding hydrogens is 755 g/mol. The van der Waals surface area contributed by atoms with E-state index in [-0.39, 0.29) is 6.17 Å². The van der Waals surface area contributed by atoms with Gasteiger partial charge < -0.3 is 14.5 Å². The van der Waals surface area contributed by atoms with Gasteiger partial charge in [-0.1, -0.05) is 152 Å². The third-order valence-corrected chi connectivity index (χ3v) is 12.2. The predicted octanol–water partition coefficient (Wildman–Crippen LogP) is 13.7. The number of hydrogen-bond donors (Lipinski definition) is 1. The van der Waals surface area contributed by atoms with Gasteiger partial charge in [0.15, 0.2) is 5.84 Å². The van der Waals surface area contributed by atoms with Crippen molar-refractivity contribution in [1.29, 1.82) is 0 Å². The number of aromatic nitrogens is 2. The number of amidine groups is 2. The molecule has 1 atom stereocenters. The summed E-state index contributed by atoms with van der Waals surface area (Å²) in [5.74, 6) is 1.51. The lowest BCUT2D eigenvalue weighted by Gasteiger charge is -2.24. The number of benzene rings is 9. The second-order valence-corrected chi connectivity index (χ2v) is 15.9. The third kappa shape index (κ3) is 6.10. The van der Waals surface area contributed by atoms with E-state index >= 15 is 0 Å². The van der Waals surface area contributed by atoms with Gasteiger partial charge in [-0.2, -0.15) is 0 Å². The zero-order chi connectivity index (χ0) is 41.0. The smallest absolute Gasteiger partial charge is 0.159 e. The molecule has 1 N–H and O–H groups in total. The number of aliphatic imine (C=N–C) groups is 2. The van der Waals surface area contributed by atoms with Crippen molar-refractivity contribution in [2.75, 3.05) is 0 Å². The highest BCUT2D eigenvalue weighted by Gasteiger charge is 2.22. The molecule has 292 valence electrons. The standard InChI is InChI=1S/C57H39N5/c1-5-16-38(17-6-1)55-58-56(39-18-7-2-8-19-39)60-57(59-55)44-21-15-20-40(34-44)41-28-32-53-49(36-41)50-37-43(30-33-54(50)62(53)46-24-11-4-12-25-46)42-29-31-52-48(35-42)47-26-13-14-27-51(47)61(52)45-22-9-3-10-23-45/h1-37,55H,(H,58,59,60). The van der Waals surface area contributed by atoms with E-state index in [0.717, 1.165) is 50.5 Å². The van der Waals surface area contributed by atoms with Gasteiger partial charge in [0.05, 0.1) is 22.1 Å². The molecule has 5 heteroatoms. The monoisotopic (exact) mass is 793 g/mol. The zero-order valence-corrected chi connectivity index (χ0v) is 33.7. The van der Waals surface area contributed by atoms with Crippen LogP contribution in [-0.4, -0.2) is 20.8 Å². The third-order valence-electron chi connectivity index (χ3n) is 12.2. The number of nitrogens with one attached hydrogen (secondary N) is 1. The van der Waals surface area contributed by atoms with Crippen LogP contribution < -0.4 is 5.32 Å². The van der Waals surface area contributed by atoms with Crippen LogP contribution in [0.4, 0.5) is 0 Å². The van der Waals surface area contributed by atoms with Crippen LogP contribution in [0.3, 0.4) is 0 Å². The number of nitrogens with zero attached hydrogens (tertiary/aromatic N) is 4. The molecule has 3 heterocycles.